The lowest BCUT2D eigenvalue weighted by Gasteiger charge is -2.32. The van der Waals surface area contributed by atoms with Gasteiger partial charge in [0.05, 0.1) is 11.2 Å². The third-order valence-electron chi connectivity index (χ3n) is 4.67. The van der Waals surface area contributed by atoms with Gasteiger partial charge in [-0.25, -0.2) is 9.78 Å². The summed E-state index contributed by atoms with van der Waals surface area (Å²) in [5, 5.41) is 10.4. The number of rotatable bonds is 3. The van der Waals surface area contributed by atoms with Gasteiger partial charge in [-0.15, -0.1) is 11.3 Å². The smallest absolute Gasteiger partial charge is 0.326 e. The molecule has 1 aromatic heterocycles. The van der Waals surface area contributed by atoms with E-state index in [4.69, 9.17) is 0 Å². The van der Waals surface area contributed by atoms with Crippen molar-refractivity contribution in [3.63, 3.8) is 0 Å². The summed E-state index contributed by atoms with van der Waals surface area (Å²) in [7, 11) is 0. The molecule has 1 N–H and O–H groups in total. The molecule has 5 nitrogen and oxygen atoms in total. The lowest BCUT2D eigenvalue weighted by molar-refractivity contribution is -0.141. The number of aliphatic carboxylic acids is 1. The van der Waals surface area contributed by atoms with Gasteiger partial charge < -0.3 is 10.0 Å². The minimum absolute atomic E-state index is 0.0968. The molecule has 114 valence electrons. The largest absolute Gasteiger partial charge is 0.480 e. The molecule has 2 aliphatic rings. The van der Waals surface area contributed by atoms with E-state index in [0.717, 1.165) is 37.1 Å². The normalized spacial score (nSPS) is 28.4. The van der Waals surface area contributed by atoms with Gasteiger partial charge in [0.15, 0.2) is 0 Å². The van der Waals surface area contributed by atoms with E-state index in [1.807, 2.05) is 6.92 Å². The van der Waals surface area contributed by atoms with Gasteiger partial charge in [-0.3, -0.25) is 4.79 Å². The van der Waals surface area contributed by atoms with Gasteiger partial charge in [0.1, 0.15) is 10.9 Å². The van der Waals surface area contributed by atoms with Crippen molar-refractivity contribution in [1.29, 1.82) is 0 Å². The molecule has 0 spiro atoms. The Hall–Kier alpha value is -1.43. The molecule has 0 radical (unpaired) electrons. The third-order valence-corrected chi connectivity index (χ3v) is 5.80. The Labute approximate surface area is 128 Å². The minimum Gasteiger partial charge on any atom is -0.480 e. The average Bonchev–Trinajstić information content (AvgIpc) is 3.11. The van der Waals surface area contributed by atoms with Crippen molar-refractivity contribution in [2.45, 2.75) is 57.5 Å². The van der Waals surface area contributed by atoms with E-state index in [-0.39, 0.29) is 11.9 Å². The van der Waals surface area contributed by atoms with Gasteiger partial charge in [0, 0.05) is 6.04 Å². The summed E-state index contributed by atoms with van der Waals surface area (Å²) < 4.78 is 0. The molecular weight excluding hydrogens is 288 g/mol. The zero-order chi connectivity index (χ0) is 15.0. The maximum absolute atomic E-state index is 12.8. The zero-order valence-electron chi connectivity index (χ0n) is 12.1. The minimum atomic E-state index is -0.877. The third kappa shape index (κ3) is 2.57. The first-order valence-electron chi connectivity index (χ1n) is 7.62. The lowest BCUT2D eigenvalue weighted by atomic mass is 9.85. The number of nitrogens with zero attached hydrogens (tertiary/aromatic N) is 2. The first kappa shape index (κ1) is 14.5. The number of amides is 1. The van der Waals surface area contributed by atoms with E-state index in [9.17, 15) is 14.7 Å². The molecule has 1 amide bonds. The van der Waals surface area contributed by atoms with Crippen LogP contribution in [0.25, 0.3) is 0 Å². The van der Waals surface area contributed by atoms with Crippen LogP contribution in [-0.2, 0) is 11.2 Å². The molecule has 1 aliphatic carbocycles. The van der Waals surface area contributed by atoms with Gasteiger partial charge in [0.25, 0.3) is 5.91 Å². The van der Waals surface area contributed by atoms with Crippen LogP contribution in [0.1, 0.15) is 53.7 Å². The van der Waals surface area contributed by atoms with Crippen molar-refractivity contribution in [2.24, 2.45) is 5.92 Å². The highest BCUT2D eigenvalue weighted by atomic mass is 32.1. The zero-order valence-corrected chi connectivity index (χ0v) is 12.9. The molecular formula is C15H20N2O3S. The molecule has 2 fully saturated rings. The highest BCUT2D eigenvalue weighted by Gasteiger charge is 2.47. The Bertz CT molecular complexity index is 557. The molecule has 0 unspecified atom stereocenters. The van der Waals surface area contributed by atoms with E-state index in [2.05, 4.69) is 4.98 Å². The molecule has 3 rings (SSSR count). The second-order valence-electron chi connectivity index (χ2n) is 5.89. The van der Waals surface area contributed by atoms with Gasteiger partial charge in [0.2, 0.25) is 0 Å². The van der Waals surface area contributed by atoms with Crippen molar-refractivity contribution in [2.75, 3.05) is 0 Å². The summed E-state index contributed by atoms with van der Waals surface area (Å²) in [6.45, 7) is 2.00. The van der Waals surface area contributed by atoms with Crippen LogP contribution in [0.3, 0.4) is 0 Å². The fourth-order valence-electron chi connectivity index (χ4n) is 3.67. The highest BCUT2D eigenvalue weighted by Crippen LogP contribution is 2.40. The van der Waals surface area contributed by atoms with Crippen LogP contribution >= 0.6 is 11.3 Å². The predicted octanol–water partition coefficient (Wildman–Crippen LogP) is 2.56. The number of carbonyl (C=O) groups is 2. The number of hydrogen-bond acceptors (Lipinski definition) is 4. The fraction of sp³-hybridized carbons (Fsp3) is 0.667. The number of aromatic nitrogens is 1. The number of hydrogen-bond donors (Lipinski definition) is 1. The fourth-order valence-corrected chi connectivity index (χ4v) is 4.47. The lowest BCUT2D eigenvalue weighted by Crippen LogP contribution is -2.46. The first-order valence-corrected chi connectivity index (χ1v) is 8.43. The molecule has 1 aromatic rings. The SMILES string of the molecule is CCc1ncc(C(=O)N2[C@H](C(=O)O)C[C@H]3CCCC[C@@H]32)s1. The Morgan fingerprint density at radius 1 is 1.43 bits per heavy atom. The summed E-state index contributed by atoms with van der Waals surface area (Å²) in [5.74, 6) is -0.672. The Morgan fingerprint density at radius 2 is 2.19 bits per heavy atom. The van der Waals surface area contributed by atoms with Crippen molar-refractivity contribution in [3.05, 3.63) is 16.1 Å². The van der Waals surface area contributed by atoms with E-state index >= 15 is 0 Å². The molecule has 21 heavy (non-hydrogen) atoms. The van der Waals surface area contributed by atoms with Crippen molar-refractivity contribution >= 4 is 23.2 Å². The molecule has 1 saturated carbocycles. The number of aryl methyl sites for hydroxylation is 1. The maximum Gasteiger partial charge on any atom is 0.326 e. The van der Waals surface area contributed by atoms with Gasteiger partial charge in [-0.1, -0.05) is 19.8 Å². The summed E-state index contributed by atoms with van der Waals surface area (Å²) in [6.07, 6.45) is 7.20. The Kier molecular flexibility index (Phi) is 3.97. The van der Waals surface area contributed by atoms with Crippen LogP contribution in [0.15, 0.2) is 6.20 Å². The van der Waals surface area contributed by atoms with Gasteiger partial charge in [-0.2, -0.15) is 0 Å². The van der Waals surface area contributed by atoms with Gasteiger partial charge >= 0.3 is 5.97 Å². The highest BCUT2D eigenvalue weighted by molar-refractivity contribution is 7.13. The summed E-state index contributed by atoms with van der Waals surface area (Å²) in [4.78, 5) is 30.8. The van der Waals surface area contributed by atoms with E-state index in [0.29, 0.717) is 17.2 Å². The summed E-state index contributed by atoms with van der Waals surface area (Å²) in [6, 6.07) is -0.572. The van der Waals surface area contributed by atoms with Crippen LogP contribution in [-0.4, -0.2) is 39.0 Å². The number of fused-ring (bicyclic) bond motifs is 1. The van der Waals surface area contributed by atoms with E-state index < -0.39 is 12.0 Å². The average molecular weight is 308 g/mol. The number of carboxylic acids is 1. The quantitative estimate of drug-likeness (QED) is 0.931. The van der Waals surface area contributed by atoms with Crippen LogP contribution < -0.4 is 0 Å². The molecule has 2 heterocycles. The second kappa shape index (κ2) is 5.75. The van der Waals surface area contributed by atoms with E-state index in [1.165, 1.54) is 11.3 Å². The number of likely N-dealkylation sites (tertiary alicyclic amines) is 1. The van der Waals surface area contributed by atoms with Crippen LogP contribution in [0.2, 0.25) is 0 Å². The van der Waals surface area contributed by atoms with Crippen LogP contribution in [0.4, 0.5) is 0 Å². The maximum atomic E-state index is 12.8. The monoisotopic (exact) mass is 308 g/mol. The number of carbonyl (C=O) groups excluding carboxylic acids is 1. The van der Waals surface area contributed by atoms with Crippen LogP contribution in [0, 0.1) is 5.92 Å². The first-order chi connectivity index (χ1) is 10.1. The Balaban J connectivity index is 1.88. The second-order valence-corrected chi connectivity index (χ2v) is 7.00. The van der Waals surface area contributed by atoms with Crippen molar-refractivity contribution < 1.29 is 14.7 Å². The Morgan fingerprint density at radius 3 is 2.86 bits per heavy atom. The van der Waals surface area contributed by atoms with Crippen molar-refractivity contribution in [3.8, 4) is 0 Å². The number of thiazole rings is 1. The molecule has 6 heteroatoms. The topological polar surface area (TPSA) is 70.5 Å². The molecule has 0 aromatic carbocycles. The summed E-state index contributed by atoms with van der Waals surface area (Å²) >= 11 is 1.39. The van der Waals surface area contributed by atoms with Crippen molar-refractivity contribution in [1.82, 2.24) is 9.88 Å². The summed E-state index contributed by atoms with van der Waals surface area (Å²) in [5.41, 5.74) is 0. The molecule has 1 saturated heterocycles. The standard InChI is InChI=1S/C15H20N2O3S/c1-2-13-16-8-12(21-13)14(18)17-10-6-4-3-5-9(10)7-11(17)15(19)20/h8-11H,2-7H2,1H3,(H,19,20)/t9-,10+,11+/m1/s1. The molecule has 3 atom stereocenters. The number of carboxylic acid groups (broad SMARTS) is 1. The molecule has 0 bridgehead atoms. The van der Waals surface area contributed by atoms with E-state index in [1.54, 1.807) is 11.1 Å². The molecule has 1 aliphatic heterocycles. The predicted molar refractivity (Wildman–Crippen MR) is 79.4 cm³/mol. The van der Waals surface area contributed by atoms with Crippen LogP contribution in [0.5, 0.6) is 0 Å². The van der Waals surface area contributed by atoms with Gasteiger partial charge in [-0.05, 0) is 31.6 Å².